The Hall–Kier alpha value is -0.850. The Balaban J connectivity index is 2.88. The third-order valence-corrected chi connectivity index (χ3v) is 3.46. The normalized spacial score (nSPS) is 12.3. The highest BCUT2D eigenvalue weighted by Crippen LogP contribution is 2.31. The van der Waals surface area contributed by atoms with Gasteiger partial charge in [0.05, 0.1) is 8.49 Å². The Kier molecular flexibility index (Phi) is 4.81. The van der Waals surface area contributed by atoms with Crippen molar-refractivity contribution in [2.45, 2.75) is 46.6 Å². The number of anilines is 1. The monoisotopic (exact) mass is 376 g/mol. The third kappa shape index (κ3) is 5.34. The number of nitrogens with zero attached hydrogens (tertiary/aromatic N) is 1. The first-order valence-corrected chi connectivity index (χ1v) is 7.30. The van der Waals surface area contributed by atoms with Crippen molar-refractivity contribution in [1.29, 1.82) is 0 Å². The number of rotatable bonds is 4. The summed E-state index contributed by atoms with van der Waals surface area (Å²) in [7, 11) is 0. The maximum atomic E-state index is 10.8. The Morgan fingerprint density at radius 1 is 1.26 bits per heavy atom. The van der Waals surface area contributed by atoms with E-state index < -0.39 is 0 Å². The van der Waals surface area contributed by atoms with E-state index in [1.165, 1.54) is 0 Å². The number of halogens is 1. The second-order valence-electron chi connectivity index (χ2n) is 6.67. The van der Waals surface area contributed by atoms with Gasteiger partial charge >= 0.3 is 0 Å². The van der Waals surface area contributed by atoms with Gasteiger partial charge in [0, 0.05) is 17.3 Å². The van der Waals surface area contributed by atoms with Crippen LogP contribution in [0.5, 0.6) is 0 Å². The van der Waals surface area contributed by atoms with Gasteiger partial charge in [0.2, 0.25) is 0 Å². The summed E-state index contributed by atoms with van der Waals surface area (Å²) in [5.41, 5.74) is 1.24. The highest BCUT2D eigenvalue weighted by molar-refractivity contribution is 14.1. The van der Waals surface area contributed by atoms with Gasteiger partial charge in [-0.25, -0.2) is 0 Å². The van der Waals surface area contributed by atoms with Crippen LogP contribution in [-0.2, 0) is 0 Å². The minimum absolute atomic E-state index is 0.0581. The molecule has 0 aliphatic carbocycles. The van der Waals surface area contributed by atoms with Crippen LogP contribution in [0.4, 0.5) is 11.4 Å². The zero-order chi connectivity index (χ0) is 14.8. The van der Waals surface area contributed by atoms with Crippen LogP contribution < -0.4 is 5.32 Å². The molecule has 0 aromatic heterocycles. The molecule has 4 nitrogen and oxygen atoms in total. The minimum atomic E-state index is -0.355. The van der Waals surface area contributed by atoms with Crippen molar-refractivity contribution < 1.29 is 4.92 Å². The van der Waals surface area contributed by atoms with E-state index in [-0.39, 0.29) is 21.6 Å². The average molecular weight is 376 g/mol. The van der Waals surface area contributed by atoms with Crippen molar-refractivity contribution in [2.24, 2.45) is 5.41 Å². The number of nitro groups is 1. The molecule has 5 heteroatoms. The van der Waals surface area contributed by atoms with E-state index in [9.17, 15) is 10.1 Å². The lowest BCUT2D eigenvalue weighted by Gasteiger charge is -2.34. The Morgan fingerprint density at radius 3 is 2.26 bits per heavy atom. The van der Waals surface area contributed by atoms with Gasteiger partial charge in [-0.1, -0.05) is 20.8 Å². The second kappa shape index (κ2) is 5.64. The summed E-state index contributed by atoms with van der Waals surface area (Å²) in [6.45, 7) is 10.9. The zero-order valence-corrected chi connectivity index (χ0v) is 14.2. The number of nitrogens with one attached hydrogen (secondary N) is 1. The molecule has 0 aliphatic rings. The van der Waals surface area contributed by atoms with Crippen LogP contribution in [0.1, 0.15) is 41.0 Å². The molecular formula is C14H21IN2O2. The lowest BCUT2D eigenvalue weighted by Crippen LogP contribution is -2.35. The molecule has 0 fully saturated rings. The number of nitro benzene ring substituents is 1. The van der Waals surface area contributed by atoms with Crippen LogP contribution in [0.25, 0.3) is 0 Å². The Labute approximate surface area is 128 Å². The van der Waals surface area contributed by atoms with Gasteiger partial charge in [-0.05, 0) is 60.4 Å². The van der Waals surface area contributed by atoms with Crippen molar-refractivity contribution in [3.8, 4) is 0 Å². The highest BCUT2D eigenvalue weighted by Gasteiger charge is 2.25. The van der Waals surface area contributed by atoms with Gasteiger partial charge in [0.1, 0.15) is 0 Å². The van der Waals surface area contributed by atoms with Gasteiger partial charge in [0.15, 0.2) is 0 Å². The van der Waals surface area contributed by atoms with E-state index in [4.69, 9.17) is 0 Å². The summed E-state index contributed by atoms with van der Waals surface area (Å²) in [5.74, 6) is 0. The fourth-order valence-corrected chi connectivity index (χ4v) is 3.21. The van der Waals surface area contributed by atoms with Crippen LogP contribution in [0.2, 0.25) is 0 Å². The van der Waals surface area contributed by atoms with E-state index in [1.54, 1.807) is 12.1 Å². The predicted molar refractivity (Wildman–Crippen MR) is 87.6 cm³/mol. The standard InChI is InChI=1S/C14H21IN2O2/c1-13(2,3)9-14(4,5)16-10-6-7-12(17(18)19)11(15)8-10/h6-8,16H,9H2,1-5H3. The fraction of sp³-hybridized carbons (Fsp3) is 0.571. The topological polar surface area (TPSA) is 55.2 Å². The first-order valence-electron chi connectivity index (χ1n) is 6.22. The molecule has 0 saturated carbocycles. The van der Waals surface area contributed by atoms with E-state index in [0.717, 1.165) is 12.1 Å². The lowest BCUT2D eigenvalue weighted by atomic mass is 9.81. The van der Waals surface area contributed by atoms with E-state index in [0.29, 0.717) is 3.57 Å². The molecule has 1 aromatic carbocycles. The van der Waals surface area contributed by atoms with Crippen molar-refractivity contribution in [2.75, 3.05) is 5.32 Å². The molecule has 0 heterocycles. The molecule has 0 atom stereocenters. The molecule has 0 amide bonds. The summed E-state index contributed by atoms with van der Waals surface area (Å²) in [6.07, 6.45) is 1.01. The zero-order valence-electron chi connectivity index (χ0n) is 12.1. The molecule has 0 unspecified atom stereocenters. The van der Waals surface area contributed by atoms with Crippen molar-refractivity contribution >= 4 is 34.0 Å². The quantitative estimate of drug-likeness (QED) is 0.465. The second-order valence-corrected chi connectivity index (χ2v) is 7.83. The summed E-state index contributed by atoms with van der Waals surface area (Å²) >= 11 is 2.00. The molecular weight excluding hydrogens is 355 g/mol. The van der Waals surface area contributed by atoms with Crippen LogP contribution in [-0.4, -0.2) is 10.5 Å². The largest absolute Gasteiger partial charge is 0.380 e. The van der Waals surface area contributed by atoms with Crippen molar-refractivity contribution in [3.63, 3.8) is 0 Å². The fourth-order valence-electron chi connectivity index (χ4n) is 2.49. The molecule has 0 bridgehead atoms. The summed E-state index contributed by atoms with van der Waals surface area (Å²) in [6, 6.07) is 5.14. The van der Waals surface area contributed by atoms with E-state index in [2.05, 4.69) is 39.9 Å². The molecule has 0 radical (unpaired) electrons. The molecule has 0 aliphatic heterocycles. The first-order chi connectivity index (χ1) is 8.50. The molecule has 1 N–H and O–H groups in total. The van der Waals surface area contributed by atoms with E-state index in [1.807, 2.05) is 28.7 Å². The molecule has 1 aromatic rings. The van der Waals surface area contributed by atoms with Crippen LogP contribution in [0, 0.1) is 19.1 Å². The summed E-state index contributed by atoms with van der Waals surface area (Å²) in [4.78, 5) is 10.4. The van der Waals surface area contributed by atoms with Crippen molar-refractivity contribution in [1.82, 2.24) is 0 Å². The molecule has 19 heavy (non-hydrogen) atoms. The molecule has 0 spiro atoms. The van der Waals surface area contributed by atoms with Gasteiger partial charge < -0.3 is 5.32 Å². The van der Waals surface area contributed by atoms with Gasteiger partial charge in [0.25, 0.3) is 5.69 Å². The molecule has 106 valence electrons. The summed E-state index contributed by atoms with van der Waals surface area (Å²) in [5, 5.41) is 14.2. The van der Waals surface area contributed by atoms with Gasteiger partial charge in [-0.2, -0.15) is 0 Å². The third-order valence-electron chi connectivity index (χ3n) is 2.60. The SMILES string of the molecule is CC(C)(C)CC(C)(C)Nc1ccc([N+](=O)[O-])c(I)c1. The van der Waals surface area contributed by atoms with Crippen LogP contribution in [0.15, 0.2) is 18.2 Å². The number of hydrogen-bond donors (Lipinski definition) is 1. The van der Waals surface area contributed by atoms with Gasteiger partial charge in [-0.15, -0.1) is 0 Å². The minimum Gasteiger partial charge on any atom is -0.380 e. The smallest absolute Gasteiger partial charge is 0.282 e. The van der Waals surface area contributed by atoms with E-state index >= 15 is 0 Å². The number of hydrogen-bond acceptors (Lipinski definition) is 3. The van der Waals surface area contributed by atoms with Crippen LogP contribution >= 0.6 is 22.6 Å². The predicted octanol–water partition coefficient (Wildman–Crippen LogP) is 4.83. The Bertz CT molecular complexity index is 479. The number of benzene rings is 1. The molecule has 1 rings (SSSR count). The maximum absolute atomic E-state index is 10.8. The van der Waals surface area contributed by atoms with Gasteiger partial charge in [-0.3, -0.25) is 10.1 Å². The molecule has 0 saturated heterocycles. The van der Waals surface area contributed by atoms with Crippen LogP contribution in [0.3, 0.4) is 0 Å². The first kappa shape index (κ1) is 16.2. The maximum Gasteiger partial charge on any atom is 0.282 e. The lowest BCUT2D eigenvalue weighted by molar-refractivity contribution is -0.385. The Morgan fingerprint density at radius 2 is 1.84 bits per heavy atom. The summed E-state index contributed by atoms with van der Waals surface area (Å²) < 4.78 is 0.652. The van der Waals surface area contributed by atoms with Crippen molar-refractivity contribution in [3.05, 3.63) is 31.9 Å². The highest BCUT2D eigenvalue weighted by atomic mass is 127. The average Bonchev–Trinajstić information content (AvgIpc) is 2.11.